The molecule has 0 radical (unpaired) electrons. The molecule has 5 rings (SSSR count). The zero-order chi connectivity index (χ0) is 30.0. The molecule has 5 nitrogen and oxygen atoms in total. The second-order valence-electron chi connectivity index (χ2n) is 11.9. The van der Waals surface area contributed by atoms with Gasteiger partial charge in [-0.05, 0) is 65.8 Å². The highest BCUT2D eigenvalue weighted by atomic mass is 19.4. The Hall–Kier alpha value is -3.68. The predicted octanol–water partition coefficient (Wildman–Crippen LogP) is 6.22. The van der Waals surface area contributed by atoms with Gasteiger partial charge in [0.25, 0.3) is 0 Å². The molecular weight excluding hydrogens is 539 g/mol. The Morgan fingerprint density at radius 1 is 0.929 bits per heavy atom. The minimum atomic E-state index is -4.41. The maximum absolute atomic E-state index is 13.6. The topological polar surface area (TPSA) is 43.6 Å². The summed E-state index contributed by atoms with van der Waals surface area (Å²) in [6.45, 7) is 8.94. The first-order chi connectivity index (χ1) is 20.0. The van der Waals surface area contributed by atoms with E-state index in [1.807, 2.05) is 52.3 Å². The summed E-state index contributed by atoms with van der Waals surface area (Å²) in [5, 5.41) is 2.09. The molecule has 0 N–H and O–H groups in total. The van der Waals surface area contributed by atoms with Gasteiger partial charge in [-0.2, -0.15) is 13.2 Å². The van der Waals surface area contributed by atoms with Crippen molar-refractivity contribution in [2.75, 3.05) is 32.7 Å². The van der Waals surface area contributed by atoms with Gasteiger partial charge in [0.2, 0.25) is 17.5 Å². The molecule has 2 amide bonds. The summed E-state index contributed by atoms with van der Waals surface area (Å²) in [5.41, 5.74) is 1.90. The zero-order valence-electron chi connectivity index (χ0n) is 24.5. The van der Waals surface area contributed by atoms with Crippen LogP contribution in [0.5, 0.6) is 0 Å². The number of piperazine rings is 1. The molecule has 0 aromatic heterocycles. The number of benzene rings is 3. The van der Waals surface area contributed by atoms with Crippen LogP contribution in [0.25, 0.3) is 10.8 Å². The van der Waals surface area contributed by atoms with Crippen molar-refractivity contribution in [3.8, 4) is 0 Å². The Kier molecular flexibility index (Phi) is 8.71. The van der Waals surface area contributed by atoms with Crippen LogP contribution in [0.2, 0.25) is 0 Å². The first kappa shape index (κ1) is 29.8. The Morgan fingerprint density at radius 2 is 1.60 bits per heavy atom. The van der Waals surface area contributed by atoms with E-state index in [1.165, 1.54) is 0 Å². The number of halogens is 3. The quantitative estimate of drug-likeness (QED) is 0.337. The number of alkyl halides is 3. The van der Waals surface area contributed by atoms with Gasteiger partial charge in [0, 0.05) is 32.0 Å². The Balaban J connectivity index is 1.48. The summed E-state index contributed by atoms with van der Waals surface area (Å²) in [7, 11) is 0. The predicted molar refractivity (Wildman–Crippen MR) is 159 cm³/mol. The highest BCUT2D eigenvalue weighted by Crippen LogP contribution is 2.31. The van der Waals surface area contributed by atoms with Crippen LogP contribution in [-0.2, 0) is 15.8 Å². The molecule has 2 aliphatic rings. The molecule has 2 heterocycles. The molecule has 0 bridgehead atoms. The number of piperidine rings is 1. The number of likely N-dealkylation sites (tertiary alicyclic amines) is 1. The van der Waals surface area contributed by atoms with Crippen molar-refractivity contribution in [3.63, 3.8) is 0 Å². The fourth-order valence-corrected chi connectivity index (χ4v) is 6.47. The maximum atomic E-state index is 13.6. The van der Waals surface area contributed by atoms with E-state index in [9.17, 15) is 22.8 Å². The van der Waals surface area contributed by atoms with Gasteiger partial charge in [-0.25, -0.2) is 4.58 Å². The fourth-order valence-electron chi connectivity index (χ4n) is 6.47. The van der Waals surface area contributed by atoms with Crippen LogP contribution in [0.15, 0.2) is 66.7 Å². The number of hydrogen-bond donors (Lipinski definition) is 0. The van der Waals surface area contributed by atoms with Crippen molar-refractivity contribution >= 4 is 28.3 Å². The van der Waals surface area contributed by atoms with Crippen LogP contribution < -0.4 is 0 Å². The molecule has 2 aliphatic heterocycles. The van der Waals surface area contributed by atoms with Gasteiger partial charge in [0.1, 0.15) is 0 Å². The second kappa shape index (κ2) is 12.3. The number of fused-ring (bicyclic) bond motifs is 1. The largest absolute Gasteiger partial charge is 0.416 e. The minimum Gasteiger partial charge on any atom is -0.343 e. The molecule has 3 aromatic rings. The zero-order valence-corrected chi connectivity index (χ0v) is 24.5. The SMILES string of the molecule is CC(=O)N1CCC(CC(=O)N2CC[N+](=C(c3ccc(C(F)(F)F)cc3)c3cccc4ccccc34)C[C@@H]2C(C)C)CC1. The summed E-state index contributed by atoms with van der Waals surface area (Å²) in [4.78, 5) is 29.2. The lowest BCUT2D eigenvalue weighted by Crippen LogP contribution is -2.56. The van der Waals surface area contributed by atoms with E-state index >= 15 is 0 Å². The maximum Gasteiger partial charge on any atom is 0.416 e. The van der Waals surface area contributed by atoms with Gasteiger partial charge in [-0.15, -0.1) is 0 Å². The van der Waals surface area contributed by atoms with Crippen molar-refractivity contribution in [2.24, 2.45) is 11.8 Å². The van der Waals surface area contributed by atoms with E-state index in [0.717, 1.165) is 52.6 Å². The lowest BCUT2D eigenvalue weighted by molar-refractivity contribution is -0.546. The van der Waals surface area contributed by atoms with E-state index in [0.29, 0.717) is 39.1 Å². The van der Waals surface area contributed by atoms with Gasteiger partial charge in [-0.3, -0.25) is 9.59 Å². The number of nitrogens with zero attached hydrogens (tertiary/aromatic N) is 3. The molecule has 1 atom stereocenters. The summed E-state index contributed by atoms with van der Waals surface area (Å²) in [6.07, 6.45) is -2.25. The monoisotopic (exact) mass is 578 g/mol. The third-order valence-corrected chi connectivity index (χ3v) is 8.88. The van der Waals surface area contributed by atoms with E-state index < -0.39 is 11.7 Å². The molecule has 3 aromatic carbocycles. The third-order valence-electron chi connectivity index (χ3n) is 8.88. The smallest absolute Gasteiger partial charge is 0.343 e. The molecule has 8 heteroatoms. The average molecular weight is 579 g/mol. The van der Waals surface area contributed by atoms with Crippen molar-refractivity contribution in [2.45, 2.75) is 52.3 Å². The first-order valence-electron chi connectivity index (χ1n) is 14.9. The van der Waals surface area contributed by atoms with Crippen LogP contribution in [0.4, 0.5) is 13.2 Å². The molecule has 0 unspecified atom stereocenters. The molecule has 2 saturated heterocycles. The Labute approximate surface area is 245 Å². The summed E-state index contributed by atoms with van der Waals surface area (Å²) < 4.78 is 42.5. The number of rotatable bonds is 5. The normalized spacial score (nSPS) is 19.8. The summed E-state index contributed by atoms with van der Waals surface area (Å²) >= 11 is 0. The molecule has 0 aliphatic carbocycles. The van der Waals surface area contributed by atoms with Gasteiger partial charge in [-0.1, -0.05) is 50.2 Å². The van der Waals surface area contributed by atoms with E-state index in [1.54, 1.807) is 19.1 Å². The van der Waals surface area contributed by atoms with Gasteiger partial charge in [0.15, 0.2) is 13.1 Å². The first-order valence-corrected chi connectivity index (χ1v) is 14.9. The number of amides is 2. The van der Waals surface area contributed by atoms with Crippen molar-refractivity contribution in [1.29, 1.82) is 0 Å². The van der Waals surface area contributed by atoms with E-state index in [4.69, 9.17) is 0 Å². The average Bonchev–Trinajstić information content (AvgIpc) is 2.97. The number of carbonyl (C=O) groups is 2. The van der Waals surface area contributed by atoms with E-state index in [2.05, 4.69) is 18.4 Å². The minimum absolute atomic E-state index is 0.0389. The second-order valence-corrected chi connectivity index (χ2v) is 11.9. The molecule has 42 heavy (non-hydrogen) atoms. The van der Waals surface area contributed by atoms with Crippen LogP contribution in [0.1, 0.15) is 56.7 Å². The molecule has 0 saturated carbocycles. The van der Waals surface area contributed by atoms with Crippen LogP contribution in [0, 0.1) is 11.8 Å². The number of carbonyl (C=O) groups excluding carboxylic acids is 2. The summed E-state index contributed by atoms with van der Waals surface area (Å²) in [6, 6.07) is 19.5. The third kappa shape index (κ3) is 6.37. The lowest BCUT2D eigenvalue weighted by Gasteiger charge is -2.38. The van der Waals surface area contributed by atoms with Gasteiger partial charge in [0.05, 0.1) is 23.7 Å². The van der Waals surface area contributed by atoms with Gasteiger partial charge < -0.3 is 9.80 Å². The van der Waals surface area contributed by atoms with Crippen LogP contribution in [-0.4, -0.2) is 70.7 Å². The molecule has 2 fully saturated rings. The highest BCUT2D eigenvalue weighted by molar-refractivity contribution is 6.17. The van der Waals surface area contributed by atoms with Crippen molar-refractivity contribution in [3.05, 3.63) is 83.4 Å². The van der Waals surface area contributed by atoms with Crippen LogP contribution >= 0.6 is 0 Å². The van der Waals surface area contributed by atoms with Crippen molar-refractivity contribution < 1.29 is 27.3 Å². The fraction of sp³-hybridized carbons (Fsp3) is 0.441. The Bertz CT molecular complexity index is 1470. The standard InChI is InChI=1S/C34H39F3N3O2/c1-23(2)31-22-39(19-20-40(31)32(42)21-25-15-17-38(18-16-25)24(3)41)33(27-11-13-28(14-12-27)34(35,36)37)30-10-6-8-26-7-4-5-9-29(26)30/h4-14,23,25,31H,15-22H2,1-3H3/q+1/t31-/m1/s1. The molecule has 222 valence electrons. The Morgan fingerprint density at radius 3 is 2.24 bits per heavy atom. The van der Waals surface area contributed by atoms with Gasteiger partial charge >= 0.3 is 6.18 Å². The molecular formula is C34H39F3N3O2+. The highest BCUT2D eigenvalue weighted by Gasteiger charge is 2.38. The van der Waals surface area contributed by atoms with E-state index in [-0.39, 0.29) is 29.7 Å². The van der Waals surface area contributed by atoms with Crippen molar-refractivity contribution in [1.82, 2.24) is 9.80 Å². The summed E-state index contributed by atoms with van der Waals surface area (Å²) in [5.74, 6) is 0.694. The lowest BCUT2D eigenvalue weighted by atomic mass is 9.91. The molecule has 0 spiro atoms. The van der Waals surface area contributed by atoms with Crippen LogP contribution in [0.3, 0.4) is 0 Å². The number of hydrogen-bond acceptors (Lipinski definition) is 2.